The zero-order valence-corrected chi connectivity index (χ0v) is 8.99. The average Bonchev–Trinajstić information content (AvgIpc) is 2.56. The first-order valence-electron chi connectivity index (χ1n) is 4.14. The highest BCUT2D eigenvalue weighted by Crippen LogP contribution is 2.08. The van der Waals surface area contributed by atoms with E-state index in [1.54, 1.807) is 18.3 Å². The third-order valence-corrected chi connectivity index (χ3v) is 2.75. The summed E-state index contributed by atoms with van der Waals surface area (Å²) in [4.78, 5) is 12.3. The standard InChI is InChI=1S/C9H12ClNOS/c1-7(10)9(12)11-5-4-8-3-2-6-13-8/h2-3,6-7H,4-5H2,1H3,(H,11,12). The Kier molecular flexibility index (Phi) is 4.25. The number of halogens is 1. The third-order valence-electron chi connectivity index (χ3n) is 1.61. The number of alkyl halides is 1. The van der Waals surface area contributed by atoms with Gasteiger partial charge >= 0.3 is 0 Å². The molecule has 1 N–H and O–H groups in total. The summed E-state index contributed by atoms with van der Waals surface area (Å²) in [5.41, 5.74) is 0. The van der Waals surface area contributed by atoms with Gasteiger partial charge in [0.15, 0.2) is 0 Å². The maximum atomic E-state index is 11.0. The molecule has 0 radical (unpaired) electrons. The van der Waals surface area contributed by atoms with Crippen LogP contribution in [0.3, 0.4) is 0 Å². The van der Waals surface area contributed by atoms with Crippen LogP contribution in [0.15, 0.2) is 17.5 Å². The Morgan fingerprint density at radius 3 is 3.08 bits per heavy atom. The second kappa shape index (κ2) is 5.25. The highest BCUT2D eigenvalue weighted by molar-refractivity contribution is 7.09. The maximum absolute atomic E-state index is 11.0. The van der Waals surface area contributed by atoms with Crippen molar-refractivity contribution in [2.24, 2.45) is 0 Å². The molecule has 0 bridgehead atoms. The number of carbonyl (C=O) groups excluding carboxylic acids is 1. The molecule has 0 saturated carbocycles. The topological polar surface area (TPSA) is 29.1 Å². The van der Waals surface area contributed by atoms with Crippen LogP contribution in [0.25, 0.3) is 0 Å². The van der Waals surface area contributed by atoms with Gasteiger partial charge in [0.2, 0.25) is 5.91 Å². The Morgan fingerprint density at radius 1 is 1.77 bits per heavy atom. The van der Waals surface area contributed by atoms with Gasteiger partial charge in [0, 0.05) is 11.4 Å². The van der Waals surface area contributed by atoms with Crippen molar-refractivity contribution in [1.82, 2.24) is 5.32 Å². The van der Waals surface area contributed by atoms with Gasteiger partial charge in [-0.15, -0.1) is 22.9 Å². The van der Waals surface area contributed by atoms with Crippen LogP contribution in [0.1, 0.15) is 11.8 Å². The van der Waals surface area contributed by atoms with E-state index < -0.39 is 5.38 Å². The number of thiophene rings is 1. The smallest absolute Gasteiger partial charge is 0.237 e. The van der Waals surface area contributed by atoms with Crippen LogP contribution in [0.4, 0.5) is 0 Å². The van der Waals surface area contributed by atoms with Crippen molar-refractivity contribution in [2.75, 3.05) is 6.54 Å². The van der Waals surface area contributed by atoms with Crippen molar-refractivity contribution in [3.05, 3.63) is 22.4 Å². The molecule has 72 valence electrons. The summed E-state index contributed by atoms with van der Waals surface area (Å²) < 4.78 is 0. The molecular formula is C9H12ClNOS. The van der Waals surface area contributed by atoms with Crippen molar-refractivity contribution >= 4 is 28.8 Å². The monoisotopic (exact) mass is 217 g/mol. The van der Waals surface area contributed by atoms with Gasteiger partial charge in [-0.1, -0.05) is 6.07 Å². The van der Waals surface area contributed by atoms with Crippen LogP contribution in [0, 0.1) is 0 Å². The van der Waals surface area contributed by atoms with E-state index in [1.165, 1.54) is 4.88 Å². The number of amides is 1. The molecule has 2 nitrogen and oxygen atoms in total. The molecule has 1 rings (SSSR count). The molecule has 0 aliphatic carbocycles. The number of nitrogens with one attached hydrogen (secondary N) is 1. The van der Waals surface area contributed by atoms with E-state index in [4.69, 9.17) is 11.6 Å². The summed E-state index contributed by atoms with van der Waals surface area (Å²) >= 11 is 7.28. The van der Waals surface area contributed by atoms with Gasteiger partial charge in [-0.25, -0.2) is 0 Å². The summed E-state index contributed by atoms with van der Waals surface area (Å²) in [6.45, 7) is 2.33. The summed E-state index contributed by atoms with van der Waals surface area (Å²) in [5.74, 6) is -0.0989. The fourth-order valence-electron chi connectivity index (χ4n) is 0.904. The van der Waals surface area contributed by atoms with Crippen molar-refractivity contribution in [2.45, 2.75) is 18.7 Å². The molecule has 1 heterocycles. The lowest BCUT2D eigenvalue weighted by atomic mass is 10.3. The zero-order chi connectivity index (χ0) is 9.68. The number of carbonyl (C=O) groups is 1. The maximum Gasteiger partial charge on any atom is 0.237 e. The molecule has 1 unspecified atom stereocenters. The van der Waals surface area contributed by atoms with Gasteiger partial charge in [-0.3, -0.25) is 4.79 Å². The second-order valence-corrected chi connectivity index (χ2v) is 4.42. The van der Waals surface area contributed by atoms with Gasteiger partial charge in [0.25, 0.3) is 0 Å². The van der Waals surface area contributed by atoms with Crippen molar-refractivity contribution < 1.29 is 4.79 Å². The molecule has 1 amide bonds. The molecule has 1 atom stereocenters. The van der Waals surface area contributed by atoms with Crippen molar-refractivity contribution in [3.8, 4) is 0 Å². The molecule has 4 heteroatoms. The lowest BCUT2D eigenvalue weighted by molar-refractivity contribution is -0.120. The summed E-state index contributed by atoms with van der Waals surface area (Å²) in [6, 6.07) is 4.06. The Bertz CT molecular complexity index is 259. The number of hydrogen-bond acceptors (Lipinski definition) is 2. The van der Waals surface area contributed by atoms with Crippen molar-refractivity contribution in [3.63, 3.8) is 0 Å². The normalized spacial score (nSPS) is 12.5. The van der Waals surface area contributed by atoms with Crippen molar-refractivity contribution in [1.29, 1.82) is 0 Å². The lowest BCUT2D eigenvalue weighted by Crippen LogP contribution is -2.31. The predicted octanol–water partition coefficient (Wildman–Crippen LogP) is 2.03. The highest BCUT2D eigenvalue weighted by atomic mass is 35.5. The molecule has 13 heavy (non-hydrogen) atoms. The largest absolute Gasteiger partial charge is 0.354 e. The van der Waals surface area contributed by atoms with E-state index in [-0.39, 0.29) is 5.91 Å². The minimum Gasteiger partial charge on any atom is -0.354 e. The van der Waals surface area contributed by atoms with Crippen LogP contribution >= 0.6 is 22.9 Å². The molecule has 0 aromatic carbocycles. The highest BCUT2D eigenvalue weighted by Gasteiger charge is 2.07. The Hall–Kier alpha value is -0.540. The first-order chi connectivity index (χ1) is 6.20. The fraction of sp³-hybridized carbons (Fsp3) is 0.444. The number of hydrogen-bond donors (Lipinski definition) is 1. The Morgan fingerprint density at radius 2 is 2.54 bits per heavy atom. The molecular weight excluding hydrogens is 206 g/mol. The first kappa shape index (κ1) is 10.5. The van der Waals surface area contributed by atoms with Gasteiger partial charge in [0.1, 0.15) is 5.38 Å². The fourth-order valence-corrected chi connectivity index (χ4v) is 1.69. The molecule has 0 aliphatic rings. The van der Waals surface area contributed by atoms with Crippen LogP contribution in [0.2, 0.25) is 0 Å². The molecule has 0 spiro atoms. The molecule has 0 saturated heterocycles. The van der Waals surface area contributed by atoms with Crippen LogP contribution in [-0.2, 0) is 11.2 Å². The second-order valence-electron chi connectivity index (χ2n) is 2.74. The predicted molar refractivity (Wildman–Crippen MR) is 56.3 cm³/mol. The van der Waals surface area contributed by atoms with E-state index >= 15 is 0 Å². The molecule has 0 aliphatic heterocycles. The summed E-state index contributed by atoms with van der Waals surface area (Å²) in [6.07, 6.45) is 0.882. The number of rotatable bonds is 4. The Labute approximate surface area is 86.9 Å². The quantitative estimate of drug-likeness (QED) is 0.769. The van der Waals surface area contributed by atoms with Gasteiger partial charge in [-0.05, 0) is 24.8 Å². The zero-order valence-electron chi connectivity index (χ0n) is 7.42. The van der Waals surface area contributed by atoms with E-state index in [0.29, 0.717) is 6.54 Å². The minimum absolute atomic E-state index is 0.0989. The summed E-state index contributed by atoms with van der Waals surface area (Å²) in [7, 11) is 0. The van der Waals surface area contributed by atoms with Crippen LogP contribution in [-0.4, -0.2) is 17.8 Å². The summed E-state index contributed by atoms with van der Waals surface area (Å²) in [5, 5.41) is 4.34. The average molecular weight is 218 g/mol. The molecule has 1 aromatic rings. The third kappa shape index (κ3) is 3.79. The van der Waals surface area contributed by atoms with E-state index in [1.807, 2.05) is 11.4 Å². The van der Waals surface area contributed by atoms with Gasteiger partial charge in [0.05, 0.1) is 0 Å². The van der Waals surface area contributed by atoms with Crippen LogP contribution < -0.4 is 5.32 Å². The Balaban J connectivity index is 2.18. The van der Waals surface area contributed by atoms with E-state index in [2.05, 4.69) is 11.4 Å². The molecule has 1 aromatic heterocycles. The van der Waals surface area contributed by atoms with Gasteiger partial charge in [-0.2, -0.15) is 0 Å². The molecule has 0 fully saturated rings. The SMILES string of the molecule is CC(Cl)C(=O)NCCc1cccs1. The first-order valence-corrected chi connectivity index (χ1v) is 5.46. The lowest BCUT2D eigenvalue weighted by Gasteiger charge is -2.04. The van der Waals surface area contributed by atoms with E-state index in [9.17, 15) is 4.79 Å². The van der Waals surface area contributed by atoms with E-state index in [0.717, 1.165) is 6.42 Å². The minimum atomic E-state index is -0.441. The van der Waals surface area contributed by atoms with Crippen LogP contribution in [0.5, 0.6) is 0 Å². The van der Waals surface area contributed by atoms with Gasteiger partial charge < -0.3 is 5.32 Å².